The van der Waals surface area contributed by atoms with Gasteiger partial charge < -0.3 is 14.9 Å². The Morgan fingerprint density at radius 3 is 1.81 bits per heavy atom. The average Bonchev–Trinajstić information content (AvgIpc) is 3.59. The van der Waals surface area contributed by atoms with E-state index in [1.807, 2.05) is 17.0 Å². The molecule has 1 aliphatic heterocycles. The third-order valence-electron chi connectivity index (χ3n) is 5.95. The molecule has 1 saturated heterocycles. The topological polar surface area (TPSA) is 121 Å². The quantitative estimate of drug-likeness (QED) is 0.736. The molecule has 3 N–H and O–H groups in total. The molecule has 1 heterocycles. The molecule has 2 amide bonds. The molecule has 164 valence electrons. The summed E-state index contributed by atoms with van der Waals surface area (Å²) in [5.74, 6) is -0.0209. The highest BCUT2D eigenvalue weighted by molar-refractivity contribution is 7.89. The van der Waals surface area contributed by atoms with E-state index in [0.29, 0.717) is 31.5 Å². The second kappa shape index (κ2) is 8.32. The summed E-state index contributed by atoms with van der Waals surface area (Å²) < 4.78 is 22.8. The fourth-order valence-electron chi connectivity index (χ4n) is 4.11. The second-order valence-electron chi connectivity index (χ2n) is 8.09. The number of carboxylic acid groups (broad SMARTS) is 1. The number of likely N-dealkylation sites (tertiary alicyclic amines) is 1. The third-order valence-corrected chi connectivity index (χ3v) is 6.88. The zero-order valence-corrected chi connectivity index (χ0v) is 17.8. The van der Waals surface area contributed by atoms with Gasteiger partial charge in [0.25, 0.3) is 5.91 Å². The van der Waals surface area contributed by atoms with Gasteiger partial charge in [0.1, 0.15) is 0 Å². The van der Waals surface area contributed by atoms with E-state index in [4.69, 9.17) is 10.2 Å². The number of carbonyl (C=O) groups excluding carboxylic acids is 1. The summed E-state index contributed by atoms with van der Waals surface area (Å²) in [6.07, 6.45) is 2.38. The lowest BCUT2D eigenvalue weighted by Crippen LogP contribution is -2.49. The first-order valence-corrected chi connectivity index (χ1v) is 11.8. The van der Waals surface area contributed by atoms with Crippen molar-refractivity contribution in [2.75, 3.05) is 13.1 Å². The van der Waals surface area contributed by atoms with Gasteiger partial charge in [0, 0.05) is 30.7 Å². The van der Waals surface area contributed by atoms with Gasteiger partial charge in [-0.1, -0.05) is 24.3 Å². The number of amides is 2. The Morgan fingerprint density at radius 1 is 0.871 bits per heavy atom. The van der Waals surface area contributed by atoms with E-state index in [-0.39, 0.29) is 22.9 Å². The molecule has 2 aromatic carbocycles. The lowest BCUT2D eigenvalue weighted by molar-refractivity contribution is 0.0551. The maximum atomic E-state index is 13.3. The van der Waals surface area contributed by atoms with Crippen molar-refractivity contribution in [1.29, 1.82) is 0 Å². The van der Waals surface area contributed by atoms with Crippen molar-refractivity contribution >= 4 is 22.0 Å². The molecule has 8 nitrogen and oxygen atoms in total. The summed E-state index contributed by atoms with van der Waals surface area (Å²) >= 11 is 0. The molecule has 0 unspecified atom stereocenters. The average molecular weight is 444 g/mol. The molecule has 4 rings (SSSR count). The number of hydrogen-bond acceptors (Lipinski definition) is 4. The Hall–Kier alpha value is -2.91. The molecule has 0 bridgehead atoms. The van der Waals surface area contributed by atoms with Gasteiger partial charge in [0.2, 0.25) is 10.0 Å². The number of primary sulfonamides is 1. The largest absolute Gasteiger partial charge is 0.465 e. The lowest BCUT2D eigenvalue weighted by Gasteiger charge is -2.38. The van der Waals surface area contributed by atoms with E-state index in [1.165, 1.54) is 17.0 Å². The maximum absolute atomic E-state index is 13.3. The van der Waals surface area contributed by atoms with E-state index in [1.54, 1.807) is 24.3 Å². The molecule has 31 heavy (non-hydrogen) atoms. The summed E-state index contributed by atoms with van der Waals surface area (Å²) in [5, 5.41) is 14.3. The van der Waals surface area contributed by atoms with Crippen LogP contribution in [0.25, 0.3) is 11.1 Å². The Morgan fingerprint density at radius 2 is 1.35 bits per heavy atom. The van der Waals surface area contributed by atoms with Gasteiger partial charge >= 0.3 is 6.09 Å². The standard InChI is InChI=1S/C22H25N3O5S/c23-31(29,30)20-9-5-16(6-10-20)15-1-3-17(4-2-15)21(26)25(18-7-8-18)19-11-13-24(14-12-19)22(27)28/h1-6,9-10,18-19H,7-8,11-14H2,(H,27,28)(H2,23,29,30). The summed E-state index contributed by atoms with van der Waals surface area (Å²) in [7, 11) is -3.74. The van der Waals surface area contributed by atoms with Crippen LogP contribution in [0.3, 0.4) is 0 Å². The van der Waals surface area contributed by atoms with Gasteiger partial charge in [-0.2, -0.15) is 0 Å². The molecule has 2 fully saturated rings. The molecule has 9 heteroatoms. The Balaban J connectivity index is 1.48. The van der Waals surface area contributed by atoms with Crippen molar-refractivity contribution in [2.24, 2.45) is 5.14 Å². The first kappa shape index (κ1) is 21.3. The van der Waals surface area contributed by atoms with E-state index < -0.39 is 16.1 Å². The zero-order chi connectivity index (χ0) is 22.2. The van der Waals surface area contributed by atoms with Crippen LogP contribution in [0.4, 0.5) is 4.79 Å². The highest BCUT2D eigenvalue weighted by Crippen LogP contribution is 2.33. The van der Waals surface area contributed by atoms with Crippen LogP contribution in [0, 0.1) is 0 Å². The number of carbonyl (C=O) groups is 2. The van der Waals surface area contributed by atoms with Crippen LogP contribution in [0.5, 0.6) is 0 Å². The van der Waals surface area contributed by atoms with Crippen LogP contribution >= 0.6 is 0 Å². The molecule has 0 spiro atoms. The Labute approximate surface area is 181 Å². The maximum Gasteiger partial charge on any atom is 0.407 e. The van der Waals surface area contributed by atoms with Gasteiger partial charge in [-0.25, -0.2) is 18.4 Å². The molecular weight excluding hydrogens is 418 g/mol. The van der Waals surface area contributed by atoms with Gasteiger partial charge in [0.15, 0.2) is 0 Å². The predicted molar refractivity (Wildman–Crippen MR) is 115 cm³/mol. The van der Waals surface area contributed by atoms with Crippen molar-refractivity contribution < 1.29 is 23.1 Å². The number of piperidine rings is 1. The first-order valence-electron chi connectivity index (χ1n) is 10.3. The summed E-state index contributed by atoms with van der Waals surface area (Å²) in [6, 6.07) is 13.8. The van der Waals surface area contributed by atoms with Crippen LogP contribution < -0.4 is 5.14 Å². The van der Waals surface area contributed by atoms with Crippen molar-refractivity contribution in [3.8, 4) is 11.1 Å². The number of sulfonamides is 1. The number of rotatable bonds is 5. The van der Waals surface area contributed by atoms with Crippen LogP contribution in [-0.4, -0.2) is 60.5 Å². The van der Waals surface area contributed by atoms with Gasteiger partial charge in [0.05, 0.1) is 4.90 Å². The zero-order valence-electron chi connectivity index (χ0n) is 17.0. The fourth-order valence-corrected chi connectivity index (χ4v) is 4.62. The van der Waals surface area contributed by atoms with Crippen LogP contribution in [0.15, 0.2) is 53.4 Å². The first-order chi connectivity index (χ1) is 14.7. The minimum absolute atomic E-state index is 0.0209. The van der Waals surface area contributed by atoms with Crippen molar-refractivity contribution in [3.63, 3.8) is 0 Å². The Bertz CT molecular complexity index is 1070. The minimum atomic E-state index is -3.74. The van der Waals surface area contributed by atoms with Gasteiger partial charge in [-0.3, -0.25) is 4.79 Å². The molecule has 2 aromatic rings. The predicted octanol–water partition coefficient (Wildman–Crippen LogP) is 2.75. The molecule has 1 aliphatic carbocycles. The van der Waals surface area contributed by atoms with E-state index in [2.05, 4.69) is 0 Å². The van der Waals surface area contributed by atoms with Gasteiger partial charge in [-0.05, 0) is 61.1 Å². The highest BCUT2D eigenvalue weighted by atomic mass is 32.2. The third kappa shape index (κ3) is 4.72. The molecule has 0 radical (unpaired) electrons. The molecule has 0 atom stereocenters. The molecule has 0 aromatic heterocycles. The normalized spacial score (nSPS) is 17.4. The smallest absolute Gasteiger partial charge is 0.407 e. The monoisotopic (exact) mass is 443 g/mol. The molecular formula is C22H25N3O5S. The van der Waals surface area contributed by atoms with E-state index in [0.717, 1.165) is 24.0 Å². The number of nitrogens with two attached hydrogens (primary N) is 1. The highest BCUT2D eigenvalue weighted by Gasteiger charge is 2.39. The molecule has 1 saturated carbocycles. The lowest BCUT2D eigenvalue weighted by atomic mass is 10.0. The number of hydrogen-bond donors (Lipinski definition) is 2. The van der Waals surface area contributed by atoms with Gasteiger partial charge in [-0.15, -0.1) is 0 Å². The number of nitrogens with zero attached hydrogens (tertiary/aromatic N) is 2. The number of benzene rings is 2. The van der Waals surface area contributed by atoms with Crippen molar-refractivity contribution in [2.45, 2.75) is 42.7 Å². The SMILES string of the molecule is NS(=O)(=O)c1ccc(-c2ccc(C(=O)N(C3CC3)C3CCN(C(=O)O)CC3)cc2)cc1. The van der Waals surface area contributed by atoms with Crippen molar-refractivity contribution in [1.82, 2.24) is 9.80 Å². The second-order valence-corrected chi connectivity index (χ2v) is 9.65. The summed E-state index contributed by atoms with van der Waals surface area (Å²) in [5.41, 5.74) is 2.29. The van der Waals surface area contributed by atoms with Crippen molar-refractivity contribution in [3.05, 3.63) is 54.1 Å². The van der Waals surface area contributed by atoms with E-state index >= 15 is 0 Å². The molecule has 2 aliphatic rings. The minimum Gasteiger partial charge on any atom is -0.465 e. The summed E-state index contributed by atoms with van der Waals surface area (Å²) in [6.45, 7) is 0.897. The fraction of sp³-hybridized carbons (Fsp3) is 0.364. The summed E-state index contributed by atoms with van der Waals surface area (Å²) in [4.78, 5) is 27.8. The van der Waals surface area contributed by atoms with Crippen LogP contribution in [0.1, 0.15) is 36.0 Å². The Kier molecular flexibility index (Phi) is 5.72. The van der Waals surface area contributed by atoms with Crippen LogP contribution in [0.2, 0.25) is 0 Å². The van der Waals surface area contributed by atoms with Crippen LogP contribution in [-0.2, 0) is 10.0 Å². The van der Waals surface area contributed by atoms with E-state index in [9.17, 15) is 18.0 Å².